The fourth-order valence-electron chi connectivity index (χ4n) is 4.19. The molecule has 4 rings (SSSR count). The zero-order valence-electron chi connectivity index (χ0n) is 12.7. The van der Waals surface area contributed by atoms with Crippen LogP contribution in [0.25, 0.3) is 10.9 Å². The minimum absolute atomic E-state index is 0.151. The van der Waals surface area contributed by atoms with Gasteiger partial charge in [0.1, 0.15) is 0 Å². The third-order valence-electron chi connectivity index (χ3n) is 5.09. The van der Waals surface area contributed by atoms with Gasteiger partial charge in [0.25, 0.3) is 0 Å². The number of hydrogen-bond donors (Lipinski definition) is 1. The summed E-state index contributed by atoms with van der Waals surface area (Å²) in [5.74, 6) is 0.718. The molecule has 1 fully saturated rings. The standard InChI is InChI=1S/C18H24N2/c1-18(2,3)20-11-12-10-15-13(7-5-9-19-15)14-6-4-8-16(20)17(12)14/h4,6,8,11,13,15,19H,5,7,9-10H2,1-3H3/t13?,15-/m1/s1. The van der Waals surface area contributed by atoms with E-state index >= 15 is 0 Å². The molecule has 0 spiro atoms. The van der Waals surface area contributed by atoms with E-state index < -0.39 is 0 Å². The number of nitrogens with one attached hydrogen (secondary N) is 1. The SMILES string of the molecule is CC(C)(C)n1cc2c3c(cccc31)C1CCCN[C@@H]1C2. The highest BCUT2D eigenvalue weighted by atomic mass is 15.0. The molecule has 2 heteroatoms. The summed E-state index contributed by atoms with van der Waals surface area (Å²) < 4.78 is 2.47. The largest absolute Gasteiger partial charge is 0.342 e. The molecule has 20 heavy (non-hydrogen) atoms. The number of hydrogen-bond acceptors (Lipinski definition) is 1. The van der Waals surface area contributed by atoms with Crippen molar-refractivity contribution in [1.82, 2.24) is 9.88 Å². The van der Waals surface area contributed by atoms with Crippen LogP contribution >= 0.6 is 0 Å². The summed E-state index contributed by atoms with van der Waals surface area (Å²) in [6.07, 6.45) is 6.26. The first kappa shape index (κ1) is 12.5. The normalized spacial score (nSPS) is 25.8. The lowest BCUT2D eigenvalue weighted by Crippen LogP contribution is -2.43. The third-order valence-corrected chi connectivity index (χ3v) is 5.09. The van der Waals surface area contributed by atoms with Gasteiger partial charge in [-0.05, 0) is 63.8 Å². The maximum absolute atomic E-state index is 3.74. The van der Waals surface area contributed by atoms with Crippen LogP contribution in [0.3, 0.4) is 0 Å². The zero-order chi connectivity index (χ0) is 13.9. The summed E-state index contributed by atoms with van der Waals surface area (Å²) in [5, 5.41) is 5.29. The summed E-state index contributed by atoms with van der Waals surface area (Å²) >= 11 is 0. The van der Waals surface area contributed by atoms with Gasteiger partial charge in [-0.3, -0.25) is 0 Å². The van der Waals surface area contributed by atoms with Crippen LogP contribution in [0.15, 0.2) is 24.4 Å². The van der Waals surface area contributed by atoms with Crippen LogP contribution in [0.2, 0.25) is 0 Å². The van der Waals surface area contributed by atoms with Crippen molar-refractivity contribution in [3.05, 3.63) is 35.5 Å². The van der Waals surface area contributed by atoms with Crippen LogP contribution in [0.1, 0.15) is 50.7 Å². The first-order valence-electron chi connectivity index (χ1n) is 7.92. The Balaban J connectivity index is 1.97. The van der Waals surface area contributed by atoms with Gasteiger partial charge in [-0.1, -0.05) is 12.1 Å². The van der Waals surface area contributed by atoms with Crippen LogP contribution in [-0.2, 0) is 12.0 Å². The molecule has 0 saturated carbocycles. The van der Waals surface area contributed by atoms with Crippen molar-refractivity contribution in [2.24, 2.45) is 0 Å². The van der Waals surface area contributed by atoms with E-state index in [1.807, 2.05) is 0 Å². The molecule has 1 aromatic carbocycles. The molecule has 2 nitrogen and oxygen atoms in total. The number of piperidine rings is 1. The van der Waals surface area contributed by atoms with E-state index in [4.69, 9.17) is 0 Å². The fraction of sp³-hybridized carbons (Fsp3) is 0.556. The lowest BCUT2D eigenvalue weighted by molar-refractivity contribution is 0.345. The van der Waals surface area contributed by atoms with E-state index in [1.165, 1.54) is 31.3 Å². The van der Waals surface area contributed by atoms with Crippen LogP contribution in [0.5, 0.6) is 0 Å². The summed E-state index contributed by atoms with van der Waals surface area (Å²) in [7, 11) is 0. The van der Waals surface area contributed by atoms with Gasteiger partial charge in [0.15, 0.2) is 0 Å². The molecule has 106 valence electrons. The van der Waals surface area contributed by atoms with Crippen LogP contribution in [0.4, 0.5) is 0 Å². The van der Waals surface area contributed by atoms with Gasteiger partial charge in [-0.2, -0.15) is 0 Å². The van der Waals surface area contributed by atoms with Gasteiger partial charge in [-0.15, -0.1) is 0 Å². The Hall–Kier alpha value is -1.28. The van der Waals surface area contributed by atoms with E-state index in [9.17, 15) is 0 Å². The molecule has 2 atom stereocenters. The second-order valence-corrected chi connectivity index (χ2v) is 7.45. The zero-order valence-corrected chi connectivity index (χ0v) is 12.7. The average molecular weight is 268 g/mol. The molecular weight excluding hydrogens is 244 g/mol. The number of benzene rings is 1. The number of aromatic nitrogens is 1. The molecule has 2 heterocycles. The van der Waals surface area contributed by atoms with E-state index in [1.54, 1.807) is 16.5 Å². The number of nitrogens with zero attached hydrogens (tertiary/aromatic N) is 1. The van der Waals surface area contributed by atoms with Crippen LogP contribution in [0, 0.1) is 0 Å². The molecule has 1 unspecified atom stereocenters. The first-order valence-corrected chi connectivity index (χ1v) is 7.92. The third kappa shape index (κ3) is 1.67. The molecule has 0 amide bonds. The highest BCUT2D eigenvalue weighted by Gasteiger charge is 2.34. The summed E-state index contributed by atoms with van der Waals surface area (Å²) in [6, 6.07) is 7.56. The van der Waals surface area contributed by atoms with E-state index in [-0.39, 0.29) is 5.54 Å². The molecule has 1 aliphatic heterocycles. The average Bonchev–Trinajstić information content (AvgIpc) is 2.80. The second-order valence-electron chi connectivity index (χ2n) is 7.45. The van der Waals surface area contributed by atoms with E-state index in [0.717, 1.165) is 5.92 Å². The fourth-order valence-corrected chi connectivity index (χ4v) is 4.19. The Morgan fingerprint density at radius 3 is 2.90 bits per heavy atom. The Labute approximate surface area is 121 Å². The molecule has 1 aliphatic carbocycles. The predicted molar refractivity (Wildman–Crippen MR) is 84.4 cm³/mol. The van der Waals surface area contributed by atoms with Gasteiger partial charge >= 0.3 is 0 Å². The molecule has 2 aliphatic rings. The Kier molecular flexibility index (Phi) is 2.56. The first-order chi connectivity index (χ1) is 9.55. The van der Waals surface area contributed by atoms with Crippen molar-refractivity contribution in [3.8, 4) is 0 Å². The highest BCUT2D eigenvalue weighted by molar-refractivity contribution is 5.89. The summed E-state index contributed by atoms with van der Waals surface area (Å²) in [5.41, 5.74) is 4.71. The van der Waals surface area contributed by atoms with Crippen LogP contribution in [-0.4, -0.2) is 17.2 Å². The lowest BCUT2D eigenvalue weighted by Gasteiger charge is -2.36. The van der Waals surface area contributed by atoms with Gasteiger partial charge in [-0.25, -0.2) is 0 Å². The molecule has 1 aromatic heterocycles. The van der Waals surface area contributed by atoms with Crippen molar-refractivity contribution in [3.63, 3.8) is 0 Å². The van der Waals surface area contributed by atoms with Crippen molar-refractivity contribution < 1.29 is 0 Å². The minimum atomic E-state index is 0.151. The predicted octanol–water partition coefficient (Wildman–Crippen LogP) is 3.79. The van der Waals surface area contributed by atoms with Crippen molar-refractivity contribution in [2.75, 3.05) is 6.54 Å². The molecule has 1 N–H and O–H groups in total. The maximum atomic E-state index is 3.74. The van der Waals surface area contributed by atoms with E-state index in [0.29, 0.717) is 6.04 Å². The molecule has 1 saturated heterocycles. The lowest BCUT2D eigenvalue weighted by atomic mass is 9.76. The molecule has 0 radical (unpaired) electrons. The maximum Gasteiger partial charge on any atom is 0.0491 e. The molecule has 0 bridgehead atoms. The number of fused-ring (bicyclic) bond motifs is 2. The van der Waals surface area contributed by atoms with Gasteiger partial charge in [0.05, 0.1) is 0 Å². The quantitative estimate of drug-likeness (QED) is 0.769. The van der Waals surface area contributed by atoms with Crippen molar-refractivity contribution in [2.45, 2.75) is 57.5 Å². The summed E-state index contributed by atoms with van der Waals surface area (Å²) in [6.45, 7) is 8.08. The Morgan fingerprint density at radius 2 is 2.10 bits per heavy atom. The monoisotopic (exact) mass is 268 g/mol. The Morgan fingerprint density at radius 1 is 1.25 bits per heavy atom. The van der Waals surface area contributed by atoms with E-state index in [2.05, 4.69) is 55.1 Å². The smallest absolute Gasteiger partial charge is 0.0491 e. The second kappa shape index (κ2) is 4.11. The van der Waals surface area contributed by atoms with Gasteiger partial charge in [0, 0.05) is 34.6 Å². The van der Waals surface area contributed by atoms with Gasteiger partial charge in [0.2, 0.25) is 0 Å². The van der Waals surface area contributed by atoms with Gasteiger partial charge < -0.3 is 9.88 Å². The highest BCUT2D eigenvalue weighted by Crippen LogP contribution is 2.42. The Bertz CT molecular complexity index is 660. The summed E-state index contributed by atoms with van der Waals surface area (Å²) in [4.78, 5) is 0. The van der Waals surface area contributed by atoms with Crippen molar-refractivity contribution >= 4 is 10.9 Å². The van der Waals surface area contributed by atoms with Crippen molar-refractivity contribution in [1.29, 1.82) is 0 Å². The minimum Gasteiger partial charge on any atom is -0.342 e. The molecular formula is C18H24N2. The van der Waals surface area contributed by atoms with Crippen LogP contribution < -0.4 is 5.32 Å². The topological polar surface area (TPSA) is 17.0 Å². The molecule has 2 aromatic rings. The number of rotatable bonds is 0.